The first-order chi connectivity index (χ1) is 29.3. The molecule has 12 aromatic rings. The number of fused-ring (bicyclic) bond motifs is 9. The Kier molecular flexibility index (Phi) is 7.75. The molecule has 0 saturated heterocycles. The molecule has 0 bridgehead atoms. The molecule has 0 radical (unpaired) electrons. The van der Waals surface area contributed by atoms with Gasteiger partial charge in [-0.3, -0.25) is 0 Å². The quantitative estimate of drug-likeness (QED) is 0.167. The first-order valence-corrected chi connectivity index (χ1v) is 20.9. The average Bonchev–Trinajstić information content (AvgIpc) is 3.89. The van der Waals surface area contributed by atoms with Crippen LogP contribution in [0.4, 0.5) is 17.1 Å². The molecule has 2 aromatic heterocycles. The summed E-state index contributed by atoms with van der Waals surface area (Å²) < 4.78 is 9.34. The van der Waals surface area contributed by atoms with Gasteiger partial charge in [0.25, 0.3) is 0 Å². The third-order valence-electron chi connectivity index (χ3n) is 11.9. The molecule has 0 aliphatic heterocycles. The molecule has 2 heterocycles. The van der Waals surface area contributed by atoms with E-state index in [1.165, 1.54) is 69.7 Å². The van der Waals surface area contributed by atoms with Crippen molar-refractivity contribution in [1.29, 1.82) is 0 Å². The van der Waals surface area contributed by atoms with Crippen LogP contribution in [0.1, 0.15) is 0 Å². The Labute approximate surface area is 345 Å². The Morgan fingerprint density at radius 2 is 0.898 bits per heavy atom. The molecular weight excluding hydrogens is 735 g/mol. The minimum Gasteiger partial charge on any atom is -0.455 e. The van der Waals surface area contributed by atoms with Crippen LogP contribution in [0.15, 0.2) is 217 Å². The van der Waals surface area contributed by atoms with E-state index in [2.05, 4.69) is 217 Å². The zero-order valence-corrected chi connectivity index (χ0v) is 32.8. The minimum absolute atomic E-state index is 0.868. The highest BCUT2D eigenvalue weighted by molar-refractivity contribution is 7.25. The number of furan rings is 1. The molecule has 0 saturated carbocycles. The van der Waals surface area contributed by atoms with Crippen molar-refractivity contribution in [3.8, 4) is 33.4 Å². The van der Waals surface area contributed by atoms with Gasteiger partial charge >= 0.3 is 0 Å². The van der Waals surface area contributed by atoms with Crippen molar-refractivity contribution in [2.24, 2.45) is 0 Å². The standard InChI is InChI=1S/C56H35NOS/c1-2-12-36(13-3-1)43-19-8-15-40-16-9-20-44(53(40)43)38-26-31-41(32-27-38)57(49-22-11-23-50-55(49)48-35-30-37-14-4-5-17-46(37)56(48)58-50)42-33-28-39(29-34-42)45-21-10-25-52-54(45)47-18-6-7-24-51(47)59-52/h1-35H. The predicted molar refractivity (Wildman–Crippen MR) is 253 cm³/mol. The number of hydrogen-bond acceptors (Lipinski definition) is 3. The highest BCUT2D eigenvalue weighted by Gasteiger charge is 2.21. The van der Waals surface area contributed by atoms with E-state index in [1.54, 1.807) is 0 Å². The van der Waals surface area contributed by atoms with Crippen LogP contribution >= 0.6 is 11.3 Å². The van der Waals surface area contributed by atoms with E-state index in [9.17, 15) is 0 Å². The summed E-state index contributed by atoms with van der Waals surface area (Å²) in [6, 6.07) is 76.9. The molecule has 0 atom stereocenters. The van der Waals surface area contributed by atoms with Gasteiger partial charge in [-0.25, -0.2) is 0 Å². The van der Waals surface area contributed by atoms with E-state index < -0.39 is 0 Å². The van der Waals surface area contributed by atoms with Gasteiger partial charge in [0.05, 0.1) is 11.1 Å². The Balaban J connectivity index is 1.04. The number of hydrogen-bond donors (Lipinski definition) is 0. The summed E-state index contributed by atoms with van der Waals surface area (Å²) in [7, 11) is 0. The average molecular weight is 770 g/mol. The van der Waals surface area contributed by atoms with Crippen molar-refractivity contribution >= 4 is 92.1 Å². The van der Waals surface area contributed by atoms with Gasteiger partial charge in [-0.1, -0.05) is 158 Å². The zero-order chi connectivity index (χ0) is 38.9. The van der Waals surface area contributed by atoms with Crippen LogP contribution in [0.2, 0.25) is 0 Å². The van der Waals surface area contributed by atoms with Gasteiger partial charge in [0, 0.05) is 42.3 Å². The Bertz CT molecular complexity index is 3540. The lowest BCUT2D eigenvalue weighted by molar-refractivity contribution is 0.672. The van der Waals surface area contributed by atoms with Crippen LogP contribution in [0.25, 0.3) is 97.0 Å². The first kappa shape index (κ1) is 33.7. The normalized spacial score (nSPS) is 11.7. The van der Waals surface area contributed by atoms with Crippen molar-refractivity contribution in [1.82, 2.24) is 0 Å². The van der Waals surface area contributed by atoms with Gasteiger partial charge < -0.3 is 9.32 Å². The van der Waals surface area contributed by atoms with Crippen molar-refractivity contribution in [3.63, 3.8) is 0 Å². The van der Waals surface area contributed by atoms with Crippen molar-refractivity contribution in [3.05, 3.63) is 212 Å². The summed E-state index contributed by atoms with van der Waals surface area (Å²) in [5.74, 6) is 0. The summed E-state index contributed by atoms with van der Waals surface area (Å²) in [6.07, 6.45) is 0. The lowest BCUT2D eigenvalue weighted by atomic mass is 9.91. The van der Waals surface area contributed by atoms with Gasteiger partial charge in [0.15, 0.2) is 0 Å². The van der Waals surface area contributed by atoms with Gasteiger partial charge in [0.1, 0.15) is 11.2 Å². The number of benzene rings is 10. The number of anilines is 3. The van der Waals surface area contributed by atoms with Crippen molar-refractivity contribution in [2.45, 2.75) is 0 Å². The van der Waals surface area contributed by atoms with E-state index in [0.29, 0.717) is 0 Å². The van der Waals surface area contributed by atoms with Gasteiger partial charge in [-0.2, -0.15) is 0 Å². The maximum atomic E-state index is 6.71. The monoisotopic (exact) mass is 769 g/mol. The molecule has 59 heavy (non-hydrogen) atoms. The first-order valence-electron chi connectivity index (χ1n) is 20.1. The second-order valence-corrected chi connectivity index (χ2v) is 16.3. The van der Waals surface area contributed by atoms with Gasteiger partial charge in [-0.05, 0) is 104 Å². The summed E-state index contributed by atoms with van der Waals surface area (Å²) in [5, 5.41) is 9.60. The molecule has 2 nitrogen and oxygen atoms in total. The molecule has 276 valence electrons. The Morgan fingerprint density at radius 3 is 1.63 bits per heavy atom. The fraction of sp³-hybridized carbons (Fsp3) is 0. The molecule has 0 amide bonds. The van der Waals surface area contributed by atoms with Crippen LogP contribution in [-0.4, -0.2) is 0 Å². The predicted octanol–water partition coefficient (Wildman–Crippen LogP) is 16.7. The fourth-order valence-corrected chi connectivity index (χ4v) is 10.3. The molecule has 0 aliphatic carbocycles. The highest BCUT2D eigenvalue weighted by Crippen LogP contribution is 2.46. The summed E-state index contributed by atoms with van der Waals surface area (Å²) >= 11 is 1.86. The maximum Gasteiger partial charge on any atom is 0.143 e. The molecule has 0 spiro atoms. The second kappa shape index (κ2) is 13.6. The summed E-state index contributed by atoms with van der Waals surface area (Å²) in [4.78, 5) is 2.39. The Morgan fingerprint density at radius 1 is 0.339 bits per heavy atom. The van der Waals surface area contributed by atoms with Crippen LogP contribution in [0.5, 0.6) is 0 Å². The van der Waals surface area contributed by atoms with E-state index in [1.807, 2.05) is 11.3 Å². The lowest BCUT2D eigenvalue weighted by Gasteiger charge is -2.27. The van der Waals surface area contributed by atoms with Crippen LogP contribution in [0, 0.1) is 0 Å². The van der Waals surface area contributed by atoms with E-state index in [0.717, 1.165) is 44.4 Å². The van der Waals surface area contributed by atoms with Crippen LogP contribution < -0.4 is 4.90 Å². The molecule has 0 N–H and O–H groups in total. The van der Waals surface area contributed by atoms with Crippen molar-refractivity contribution < 1.29 is 4.42 Å². The highest BCUT2D eigenvalue weighted by atomic mass is 32.1. The summed E-state index contributed by atoms with van der Waals surface area (Å²) in [6.45, 7) is 0. The fourth-order valence-electron chi connectivity index (χ4n) is 9.18. The third-order valence-corrected chi connectivity index (χ3v) is 13.0. The molecule has 12 rings (SSSR count). The Hall–Kier alpha value is -7.46. The van der Waals surface area contributed by atoms with E-state index in [4.69, 9.17) is 4.42 Å². The van der Waals surface area contributed by atoms with E-state index >= 15 is 0 Å². The van der Waals surface area contributed by atoms with Crippen LogP contribution in [0.3, 0.4) is 0 Å². The van der Waals surface area contributed by atoms with Crippen LogP contribution in [-0.2, 0) is 0 Å². The molecule has 3 heteroatoms. The number of rotatable bonds is 6. The third kappa shape index (κ3) is 5.47. The zero-order valence-electron chi connectivity index (χ0n) is 32.0. The number of thiophene rings is 1. The maximum absolute atomic E-state index is 6.71. The SMILES string of the molecule is c1ccc(-c2cccc3cccc(-c4ccc(N(c5ccc(-c6cccc7sc8ccccc8c67)cc5)c5cccc6oc7c8ccccc8ccc7c56)cc4)c23)cc1. The second-order valence-electron chi connectivity index (χ2n) is 15.2. The molecule has 0 unspecified atom stereocenters. The lowest BCUT2D eigenvalue weighted by Crippen LogP contribution is -2.10. The van der Waals surface area contributed by atoms with Gasteiger partial charge in [-0.15, -0.1) is 11.3 Å². The number of nitrogens with zero attached hydrogens (tertiary/aromatic N) is 1. The topological polar surface area (TPSA) is 16.4 Å². The smallest absolute Gasteiger partial charge is 0.143 e. The van der Waals surface area contributed by atoms with Gasteiger partial charge in [0.2, 0.25) is 0 Å². The molecular formula is C56H35NOS. The minimum atomic E-state index is 0.868. The summed E-state index contributed by atoms with van der Waals surface area (Å²) in [5.41, 5.74) is 12.3. The largest absolute Gasteiger partial charge is 0.455 e. The molecule has 0 aliphatic rings. The molecule has 0 fully saturated rings. The van der Waals surface area contributed by atoms with Crippen molar-refractivity contribution in [2.75, 3.05) is 4.90 Å². The van der Waals surface area contributed by atoms with E-state index in [-0.39, 0.29) is 0 Å². The molecule has 10 aromatic carbocycles.